The van der Waals surface area contributed by atoms with Crippen molar-refractivity contribution in [2.24, 2.45) is 5.92 Å². The van der Waals surface area contributed by atoms with Gasteiger partial charge in [-0.25, -0.2) is 8.78 Å². The summed E-state index contributed by atoms with van der Waals surface area (Å²) in [6.07, 6.45) is 0.373. The van der Waals surface area contributed by atoms with Gasteiger partial charge in [-0.3, -0.25) is 0 Å². The summed E-state index contributed by atoms with van der Waals surface area (Å²) in [7, 11) is 0. The third-order valence-electron chi connectivity index (χ3n) is 2.45. The first-order valence-corrected chi connectivity index (χ1v) is 5.34. The topological polar surface area (TPSA) is 45.1 Å². The SMILES string of the molecule is CC(C)C(CCO)Nc1nc(F)c(F)cc1F. The number of pyridine rings is 1. The lowest BCUT2D eigenvalue weighted by atomic mass is 10.0. The van der Waals surface area contributed by atoms with Crippen molar-refractivity contribution in [2.45, 2.75) is 26.3 Å². The summed E-state index contributed by atoms with van der Waals surface area (Å²) >= 11 is 0. The zero-order valence-electron chi connectivity index (χ0n) is 9.67. The van der Waals surface area contributed by atoms with Gasteiger partial charge in [0.1, 0.15) is 0 Å². The van der Waals surface area contributed by atoms with Gasteiger partial charge in [-0.05, 0) is 12.3 Å². The molecule has 0 amide bonds. The minimum atomic E-state index is -1.35. The highest BCUT2D eigenvalue weighted by atomic mass is 19.2. The number of halogens is 3. The van der Waals surface area contributed by atoms with E-state index in [1.165, 1.54) is 0 Å². The van der Waals surface area contributed by atoms with Crippen LogP contribution in [0.2, 0.25) is 0 Å². The number of hydrogen-bond acceptors (Lipinski definition) is 3. The van der Waals surface area contributed by atoms with E-state index in [1.807, 2.05) is 13.8 Å². The molecular formula is C11H15F3N2O. The third kappa shape index (κ3) is 3.59. The summed E-state index contributed by atoms with van der Waals surface area (Å²) in [6.45, 7) is 3.65. The van der Waals surface area contributed by atoms with Gasteiger partial charge in [0, 0.05) is 18.7 Å². The first kappa shape index (κ1) is 13.8. The monoisotopic (exact) mass is 248 g/mol. The Morgan fingerprint density at radius 3 is 2.47 bits per heavy atom. The maximum absolute atomic E-state index is 13.3. The fraction of sp³-hybridized carbons (Fsp3) is 0.545. The lowest BCUT2D eigenvalue weighted by Gasteiger charge is -2.22. The Kier molecular flexibility index (Phi) is 4.74. The van der Waals surface area contributed by atoms with E-state index >= 15 is 0 Å². The van der Waals surface area contributed by atoms with Crippen LogP contribution in [0.5, 0.6) is 0 Å². The van der Waals surface area contributed by atoms with Crippen LogP contribution in [0.15, 0.2) is 6.07 Å². The Bertz CT molecular complexity index is 385. The fourth-order valence-corrected chi connectivity index (χ4v) is 1.43. The zero-order chi connectivity index (χ0) is 13.0. The van der Waals surface area contributed by atoms with Gasteiger partial charge in [-0.2, -0.15) is 9.37 Å². The second-order valence-corrected chi connectivity index (χ2v) is 4.10. The molecule has 3 nitrogen and oxygen atoms in total. The summed E-state index contributed by atoms with van der Waals surface area (Å²) in [4.78, 5) is 3.17. The van der Waals surface area contributed by atoms with E-state index in [0.717, 1.165) is 0 Å². The van der Waals surface area contributed by atoms with E-state index < -0.39 is 17.6 Å². The smallest absolute Gasteiger partial charge is 0.251 e. The molecular weight excluding hydrogens is 233 g/mol. The minimum absolute atomic E-state index is 0.0822. The standard InChI is InChI=1S/C11H15F3N2O/c1-6(2)9(3-4-17)15-11-8(13)5-7(12)10(14)16-11/h5-6,9,17H,3-4H2,1-2H3,(H,15,16). The molecule has 1 aromatic rings. The molecule has 2 N–H and O–H groups in total. The molecule has 0 aliphatic rings. The van der Waals surface area contributed by atoms with Gasteiger partial charge < -0.3 is 10.4 Å². The Morgan fingerprint density at radius 2 is 1.94 bits per heavy atom. The van der Waals surface area contributed by atoms with Gasteiger partial charge in [0.05, 0.1) is 0 Å². The number of nitrogens with zero attached hydrogens (tertiary/aromatic N) is 1. The molecule has 0 aliphatic heterocycles. The van der Waals surface area contributed by atoms with Crippen molar-refractivity contribution in [2.75, 3.05) is 11.9 Å². The second-order valence-electron chi connectivity index (χ2n) is 4.10. The summed E-state index contributed by atoms with van der Waals surface area (Å²) < 4.78 is 38.8. The maximum Gasteiger partial charge on any atom is 0.251 e. The van der Waals surface area contributed by atoms with E-state index in [1.54, 1.807) is 0 Å². The Balaban J connectivity index is 2.89. The Morgan fingerprint density at radius 1 is 1.29 bits per heavy atom. The molecule has 6 heteroatoms. The molecule has 0 aliphatic carbocycles. The minimum Gasteiger partial charge on any atom is -0.396 e. The van der Waals surface area contributed by atoms with Gasteiger partial charge in [0.15, 0.2) is 17.5 Å². The quantitative estimate of drug-likeness (QED) is 0.786. The third-order valence-corrected chi connectivity index (χ3v) is 2.45. The van der Waals surface area contributed by atoms with Crippen LogP contribution in [0.1, 0.15) is 20.3 Å². The zero-order valence-corrected chi connectivity index (χ0v) is 9.67. The van der Waals surface area contributed by atoms with Crippen LogP contribution in [0.3, 0.4) is 0 Å². The van der Waals surface area contributed by atoms with Crippen LogP contribution in [0, 0.1) is 23.5 Å². The van der Waals surface area contributed by atoms with Gasteiger partial charge in [-0.1, -0.05) is 13.8 Å². The van der Waals surface area contributed by atoms with Gasteiger partial charge in [-0.15, -0.1) is 0 Å². The lowest BCUT2D eigenvalue weighted by Crippen LogP contribution is -2.28. The second kappa shape index (κ2) is 5.86. The highest BCUT2D eigenvalue weighted by Crippen LogP contribution is 2.18. The molecule has 1 heterocycles. The van der Waals surface area contributed by atoms with Crippen molar-refractivity contribution in [3.05, 3.63) is 23.6 Å². The van der Waals surface area contributed by atoms with Crippen molar-refractivity contribution in [1.82, 2.24) is 4.98 Å². The van der Waals surface area contributed by atoms with Gasteiger partial charge >= 0.3 is 0 Å². The number of rotatable bonds is 5. The van der Waals surface area contributed by atoms with E-state index in [0.29, 0.717) is 12.5 Å². The summed E-state index contributed by atoms with van der Waals surface area (Å²) in [6, 6.07) is 0.188. The average Bonchev–Trinajstić information content (AvgIpc) is 2.24. The molecule has 0 radical (unpaired) electrons. The average molecular weight is 248 g/mol. The number of aliphatic hydroxyl groups excluding tert-OH is 1. The highest BCUT2D eigenvalue weighted by Gasteiger charge is 2.17. The van der Waals surface area contributed by atoms with Crippen LogP contribution in [0.25, 0.3) is 0 Å². The molecule has 0 saturated heterocycles. The molecule has 0 saturated carbocycles. The van der Waals surface area contributed by atoms with Crippen molar-refractivity contribution < 1.29 is 18.3 Å². The molecule has 1 rings (SSSR count). The highest BCUT2D eigenvalue weighted by molar-refractivity contribution is 5.37. The molecule has 1 atom stereocenters. The van der Waals surface area contributed by atoms with Crippen LogP contribution in [0.4, 0.5) is 19.0 Å². The molecule has 17 heavy (non-hydrogen) atoms. The Hall–Kier alpha value is -1.30. The fourth-order valence-electron chi connectivity index (χ4n) is 1.43. The van der Waals surface area contributed by atoms with Crippen LogP contribution in [-0.4, -0.2) is 22.7 Å². The number of nitrogens with one attached hydrogen (secondary N) is 1. The van der Waals surface area contributed by atoms with Crippen molar-refractivity contribution >= 4 is 5.82 Å². The molecule has 1 aromatic heterocycles. The first-order valence-electron chi connectivity index (χ1n) is 5.34. The lowest BCUT2D eigenvalue weighted by molar-refractivity contribution is 0.267. The van der Waals surface area contributed by atoms with Gasteiger partial charge in [0.25, 0.3) is 5.95 Å². The molecule has 96 valence electrons. The predicted octanol–water partition coefficient (Wildman–Crippen LogP) is 2.32. The van der Waals surface area contributed by atoms with Crippen molar-refractivity contribution in [1.29, 1.82) is 0 Å². The largest absolute Gasteiger partial charge is 0.396 e. The van der Waals surface area contributed by atoms with E-state index in [-0.39, 0.29) is 24.4 Å². The van der Waals surface area contributed by atoms with Crippen LogP contribution < -0.4 is 5.32 Å². The van der Waals surface area contributed by atoms with E-state index in [9.17, 15) is 13.2 Å². The normalized spacial score (nSPS) is 12.9. The van der Waals surface area contributed by atoms with E-state index in [2.05, 4.69) is 10.3 Å². The van der Waals surface area contributed by atoms with Crippen molar-refractivity contribution in [3.63, 3.8) is 0 Å². The van der Waals surface area contributed by atoms with Crippen molar-refractivity contribution in [3.8, 4) is 0 Å². The number of aromatic nitrogens is 1. The summed E-state index contributed by atoms with van der Waals surface area (Å²) in [5.74, 6) is -3.86. The van der Waals surface area contributed by atoms with Gasteiger partial charge in [0.2, 0.25) is 0 Å². The van der Waals surface area contributed by atoms with E-state index in [4.69, 9.17) is 5.11 Å². The number of hydrogen-bond donors (Lipinski definition) is 2. The maximum atomic E-state index is 13.3. The molecule has 0 spiro atoms. The summed E-state index contributed by atoms with van der Waals surface area (Å²) in [5.41, 5.74) is 0. The predicted molar refractivity (Wildman–Crippen MR) is 58.1 cm³/mol. The molecule has 0 bridgehead atoms. The number of anilines is 1. The number of aliphatic hydroxyl groups is 1. The summed E-state index contributed by atoms with van der Waals surface area (Å²) in [5, 5.41) is 11.5. The Labute approximate surface area is 97.7 Å². The molecule has 0 aromatic carbocycles. The van der Waals surface area contributed by atoms with Crippen LogP contribution in [-0.2, 0) is 0 Å². The molecule has 1 unspecified atom stereocenters. The van der Waals surface area contributed by atoms with Crippen LogP contribution >= 0.6 is 0 Å². The molecule has 0 fully saturated rings. The first-order chi connectivity index (χ1) is 7.95.